The SMILES string of the molecule is COc1ccc(-c2csc(=NC3CCCCC3)n2N=C2CCCCC2)c(OC)c1. The lowest BCUT2D eigenvalue weighted by Gasteiger charge is -2.17. The molecule has 1 aromatic carbocycles. The van der Waals surface area contributed by atoms with Crippen molar-refractivity contribution in [2.45, 2.75) is 70.3 Å². The van der Waals surface area contributed by atoms with Gasteiger partial charge in [-0.3, -0.25) is 4.99 Å². The van der Waals surface area contributed by atoms with Crippen LogP contribution in [-0.2, 0) is 0 Å². The molecule has 0 radical (unpaired) electrons. The van der Waals surface area contributed by atoms with Gasteiger partial charge in [-0.25, -0.2) is 4.68 Å². The second-order valence-electron chi connectivity index (χ2n) is 7.93. The van der Waals surface area contributed by atoms with E-state index in [1.54, 1.807) is 25.6 Å². The van der Waals surface area contributed by atoms with E-state index in [2.05, 4.69) is 16.1 Å². The molecule has 0 aliphatic heterocycles. The minimum absolute atomic E-state index is 0.422. The molecule has 2 saturated carbocycles. The molecule has 6 heteroatoms. The summed E-state index contributed by atoms with van der Waals surface area (Å²) in [6.07, 6.45) is 12.3. The van der Waals surface area contributed by atoms with Crippen LogP contribution in [0.1, 0.15) is 64.2 Å². The van der Waals surface area contributed by atoms with Crippen molar-refractivity contribution in [2.24, 2.45) is 10.1 Å². The highest BCUT2D eigenvalue weighted by Crippen LogP contribution is 2.34. The van der Waals surface area contributed by atoms with E-state index in [0.29, 0.717) is 6.04 Å². The summed E-state index contributed by atoms with van der Waals surface area (Å²) in [5, 5.41) is 7.27. The predicted molar refractivity (Wildman–Crippen MR) is 119 cm³/mol. The third-order valence-electron chi connectivity index (χ3n) is 5.91. The number of aromatic nitrogens is 1. The highest BCUT2D eigenvalue weighted by molar-refractivity contribution is 7.07. The Morgan fingerprint density at radius 3 is 2.45 bits per heavy atom. The van der Waals surface area contributed by atoms with Crippen molar-refractivity contribution < 1.29 is 9.47 Å². The second kappa shape index (κ2) is 9.61. The Kier molecular flexibility index (Phi) is 6.70. The topological polar surface area (TPSA) is 48.1 Å². The zero-order valence-corrected chi connectivity index (χ0v) is 18.3. The molecule has 1 heterocycles. The fourth-order valence-electron chi connectivity index (χ4n) is 4.25. The normalized spacial score (nSPS) is 18.7. The van der Waals surface area contributed by atoms with Gasteiger partial charge in [0.25, 0.3) is 0 Å². The van der Waals surface area contributed by atoms with Crippen LogP contribution in [0.4, 0.5) is 0 Å². The first-order chi connectivity index (χ1) is 14.3. The molecule has 2 fully saturated rings. The lowest BCUT2D eigenvalue weighted by Crippen LogP contribution is -2.20. The molecule has 156 valence electrons. The second-order valence-corrected chi connectivity index (χ2v) is 8.77. The molecule has 0 amide bonds. The maximum absolute atomic E-state index is 5.68. The van der Waals surface area contributed by atoms with E-state index in [9.17, 15) is 0 Å². The van der Waals surface area contributed by atoms with Gasteiger partial charge >= 0.3 is 0 Å². The minimum atomic E-state index is 0.422. The van der Waals surface area contributed by atoms with Gasteiger partial charge in [-0.1, -0.05) is 25.7 Å². The van der Waals surface area contributed by atoms with Gasteiger partial charge in [-0.05, 0) is 50.7 Å². The van der Waals surface area contributed by atoms with Crippen molar-refractivity contribution in [3.8, 4) is 22.8 Å². The van der Waals surface area contributed by atoms with Crippen LogP contribution in [0.25, 0.3) is 11.3 Å². The number of rotatable bonds is 5. The van der Waals surface area contributed by atoms with Gasteiger partial charge in [0, 0.05) is 22.7 Å². The van der Waals surface area contributed by atoms with Crippen molar-refractivity contribution in [1.82, 2.24) is 4.68 Å². The summed E-state index contributed by atoms with van der Waals surface area (Å²) in [6, 6.07) is 6.39. The van der Waals surface area contributed by atoms with E-state index in [1.165, 1.54) is 57.1 Å². The molecule has 0 atom stereocenters. The molecule has 0 saturated heterocycles. The monoisotopic (exact) mass is 413 g/mol. The first-order valence-corrected chi connectivity index (χ1v) is 11.7. The van der Waals surface area contributed by atoms with Crippen molar-refractivity contribution in [3.05, 3.63) is 28.4 Å². The van der Waals surface area contributed by atoms with Crippen molar-refractivity contribution >= 4 is 17.0 Å². The zero-order valence-electron chi connectivity index (χ0n) is 17.5. The predicted octanol–water partition coefficient (Wildman–Crippen LogP) is 5.64. The van der Waals surface area contributed by atoms with E-state index in [-0.39, 0.29) is 0 Å². The molecule has 4 rings (SSSR count). The summed E-state index contributed by atoms with van der Waals surface area (Å²) in [5.74, 6) is 1.59. The number of benzene rings is 1. The van der Waals surface area contributed by atoms with Crippen LogP contribution in [0.5, 0.6) is 11.5 Å². The van der Waals surface area contributed by atoms with Crippen LogP contribution in [0, 0.1) is 0 Å². The first-order valence-electron chi connectivity index (χ1n) is 10.8. The average molecular weight is 414 g/mol. The van der Waals surface area contributed by atoms with Gasteiger partial charge in [0.1, 0.15) is 11.5 Å². The molecule has 1 aromatic heterocycles. The van der Waals surface area contributed by atoms with Crippen LogP contribution in [-0.4, -0.2) is 30.6 Å². The molecule has 0 N–H and O–H groups in total. The van der Waals surface area contributed by atoms with Crippen LogP contribution >= 0.6 is 11.3 Å². The van der Waals surface area contributed by atoms with E-state index in [4.69, 9.17) is 19.6 Å². The molecular formula is C23H31N3O2S. The molecule has 0 bridgehead atoms. The summed E-state index contributed by atoms with van der Waals surface area (Å²) in [7, 11) is 3.38. The van der Waals surface area contributed by atoms with Crippen molar-refractivity contribution in [3.63, 3.8) is 0 Å². The third kappa shape index (κ3) is 4.74. The third-order valence-corrected chi connectivity index (χ3v) is 6.74. The van der Waals surface area contributed by atoms with Gasteiger partial charge < -0.3 is 9.47 Å². The smallest absolute Gasteiger partial charge is 0.206 e. The van der Waals surface area contributed by atoms with Gasteiger partial charge in [0.15, 0.2) is 0 Å². The Labute approximate surface area is 177 Å². The lowest BCUT2D eigenvalue weighted by molar-refractivity contribution is 0.395. The Balaban J connectivity index is 1.80. The number of methoxy groups -OCH3 is 2. The minimum Gasteiger partial charge on any atom is -0.497 e. The number of nitrogens with zero attached hydrogens (tertiary/aromatic N) is 3. The standard InChI is InChI=1S/C23H31N3O2S/c1-27-19-13-14-20(22(15-19)28-2)21-16-29-23(24-17-9-5-3-6-10-17)26(21)25-18-11-7-4-8-12-18/h13-17H,3-12H2,1-2H3. The molecule has 0 spiro atoms. The number of thiazole rings is 1. The van der Waals surface area contributed by atoms with E-state index in [0.717, 1.165) is 40.4 Å². The maximum Gasteiger partial charge on any atom is 0.206 e. The Morgan fingerprint density at radius 1 is 0.966 bits per heavy atom. The van der Waals surface area contributed by atoms with E-state index >= 15 is 0 Å². The molecule has 2 aromatic rings. The maximum atomic E-state index is 5.68. The average Bonchev–Trinajstić information content (AvgIpc) is 3.16. The van der Waals surface area contributed by atoms with Gasteiger partial charge in [-0.2, -0.15) is 5.10 Å². The van der Waals surface area contributed by atoms with Gasteiger partial charge in [0.05, 0.1) is 26.0 Å². The highest BCUT2D eigenvalue weighted by Gasteiger charge is 2.17. The van der Waals surface area contributed by atoms with Crippen LogP contribution in [0.2, 0.25) is 0 Å². The van der Waals surface area contributed by atoms with E-state index in [1.807, 2.05) is 12.1 Å². The van der Waals surface area contributed by atoms with E-state index < -0.39 is 0 Å². The fourth-order valence-corrected chi connectivity index (χ4v) is 5.14. The summed E-state index contributed by atoms with van der Waals surface area (Å²) >= 11 is 1.68. The molecular weight excluding hydrogens is 382 g/mol. The fraction of sp³-hybridized carbons (Fsp3) is 0.565. The van der Waals surface area contributed by atoms with Gasteiger partial charge in [0.2, 0.25) is 4.80 Å². The lowest BCUT2D eigenvalue weighted by atomic mass is 9.96. The summed E-state index contributed by atoms with van der Waals surface area (Å²) in [4.78, 5) is 6.13. The first kappa shape index (κ1) is 20.2. The number of hydrogen-bond donors (Lipinski definition) is 0. The molecule has 2 aliphatic rings. The highest BCUT2D eigenvalue weighted by atomic mass is 32.1. The molecule has 0 unspecified atom stereocenters. The van der Waals surface area contributed by atoms with Gasteiger partial charge in [-0.15, -0.1) is 11.3 Å². The molecule has 2 aliphatic carbocycles. The van der Waals surface area contributed by atoms with Crippen LogP contribution < -0.4 is 14.3 Å². The summed E-state index contributed by atoms with van der Waals surface area (Å²) < 4.78 is 13.1. The summed E-state index contributed by atoms with van der Waals surface area (Å²) in [5.41, 5.74) is 3.35. The Morgan fingerprint density at radius 2 is 1.72 bits per heavy atom. The number of hydrogen-bond acceptors (Lipinski definition) is 5. The molecule has 5 nitrogen and oxygen atoms in total. The van der Waals surface area contributed by atoms with Crippen LogP contribution in [0.3, 0.4) is 0 Å². The zero-order chi connectivity index (χ0) is 20.1. The molecule has 29 heavy (non-hydrogen) atoms. The largest absolute Gasteiger partial charge is 0.497 e. The van der Waals surface area contributed by atoms with Crippen LogP contribution in [0.15, 0.2) is 33.7 Å². The van der Waals surface area contributed by atoms with Crippen molar-refractivity contribution in [1.29, 1.82) is 0 Å². The Hall–Kier alpha value is -2.08. The summed E-state index contributed by atoms with van der Waals surface area (Å²) in [6.45, 7) is 0. The van der Waals surface area contributed by atoms with Crippen molar-refractivity contribution in [2.75, 3.05) is 14.2 Å². The quantitative estimate of drug-likeness (QED) is 0.637. The Bertz CT molecular complexity index is 914. The number of ether oxygens (including phenoxy) is 2.